The third-order valence-electron chi connectivity index (χ3n) is 5.18. The Hall–Kier alpha value is -3.42. The normalized spacial score (nSPS) is 13.9. The maximum Gasteiger partial charge on any atom is 0.261 e. The highest BCUT2D eigenvalue weighted by atomic mass is 16.5. The summed E-state index contributed by atoms with van der Waals surface area (Å²) in [5.41, 5.74) is 3.50. The Morgan fingerprint density at radius 1 is 1.00 bits per heavy atom. The summed E-state index contributed by atoms with van der Waals surface area (Å²) >= 11 is 0. The van der Waals surface area contributed by atoms with E-state index in [9.17, 15) is 4.79 Å². The summed E-state index contributed by atoms with van der Waals surface area (Å²) in [7, 11) is 0. The number of anilines is 4. The molecule has 8 nitrogen and oxygen atoms in total. The Morgan fingerprint density at radius 2 is 1.70 bits per heavy atom. The standard InChI is InChI=1S/C22H26N6O2/c1-14-13-19(28-11-5-4-6-12-28)26-22(23-14)25-18-9-7-17(8-10-18)24-21(29)20-15(2)27-30-16(20)3/h7-10,13H,4-6,11-12H2,1-3H3,(H,24,29)(H,23,25,26). The first-order valence-electron chi connectivity index (χ1n) is 10.2. The second-order valence-electron chi connectivity index (χ2n) is 7.59. The average molecular weight is 406 g/mol. The summed E-state index contributed by atoms with van der Waals surface area (Å²) in [6.45, 7) is 7.53. The SMILES string of the molecule is Cc1cc(N2CCCCC2)nc(Nc2ccc(NC(=O)c3c(C)noc3C)cc2)n1. The highest BCUT2D eigenvalue weighted by molar-refractivity contribution is 6.05. The van der Waals surface area contributed by atoms with Crippen LogP contribution in [-0.4, -0.2) is 34.1 Å². The first-order chi connectivity index (χ1) is 14.5. The van der Waals surface area contributed by atoms with Gasteiger partial charge in [0, 0.05) is 36.2 Å². The van der Waals surface area contributed by atoms with E-state index >= 15 is 0 Å². The molecule has 0 radical (unpaired) electrons. The number of nitrogens with zero attached hydrogens (tertiary/aromatic N) is 4. The largest absolute Gasteiger partial charge is 0.361 e. The lowest BCUT2D eigenvalue weighted by molar-refractivity contribution is 0.102. The van der Waals surface area contributed by atoms with E-state index in [1.54, 1.807) is 13.8 Å². The van der Waals surface area contributed by atoms with E-state index < -0.39 is 0 Å². The molecule has 0 unspecified atom stereocenters. The van der Waals surface area contributed by atoms with Crippen molar-refractivity contribution in [2.75, 3.05) is 28.6 Å². The van der Waals surface area contributed by atoms with E-state index in [2.05, 4.69) is 25.7 Å². The summed E-state index contributed by atoms with van der Waals surface area (Å²) in [5.74, 6) is 1.81. The minimum Gasteiger partial charge on any atom is -0.361 e. The Morgan fingerprint density at radius 3 is 2.37 bits per heavy atom. The quantitative estimate of drug-likeness (QED) is 0.649. The van der Waals surface area contributed by atoms with Crippen molar-refractivity contribution < 1.29 is 9.32 Å². The molecule has 0 spiro atoms. The van der Waals surface area contributed by atoms with Gasteiger partial charge in [-0.25, -0.2) is 4.98 Å². The van der Waals surface area contributed by atoms with Crippen LogP contribution in [0.3, 0.4) is 0 Å². The van der Waals surface area contributed by atoms with Crippen LogP contribution >= 0.6 is 0 Å². The van der Waals surface area contributed by atoms with Crippen molar-refractivity contribution in [2.45, 2.75) is 40.0 Å². The molecule has 1 aliphatic rings. The Balaban J connectivity index is 1.45. The van der Waals surface area contributed by atoms with Crippen LogP contribution in [0.2, 0.25) is 0 Å². The second-order valence-corrected chi connectivity index (χ2v) is 7.59. The Kier molecular flexibility index (Phi) is 5.65. The second kappa shape index (κ2) is 8.52. The van der Waals surface area contributed by atoms with Gasteiger partial charge >= 0.3 is 0 Å². The fourth-order valence-corrected chi connectivity index (χ4v) is 3.66. The molecule has 30 heavy (non-hydrogen) atoms. The van der Waals surface area contributed by atoms with Gasteiger partial charge in [-0.3, -0.25) is 4.79 Å². The molecule has 1 aromatic carbocycles. The van der Waals surface area contributed by atoms with Crippen LogP contribution in [0.25, 0.3) is 0 Å². The summed E-state index contributed by atoms with van der Waals surface area (Å²) in [5, 5.41) is 9.96. The highest BCUT2D eigenvalue weighted by Crippen LogP contribution is 2.23. The van der Waals surface area contributed by atoms with E-state index in [0.717, 1.165) is 30.3 Å². The van der Waals surface area contributed by atoms with Crippen LogP contribution in [0, 0.1) is 20.8 Å². The van der Waals surface area contributed by atoms with Crippen molar-refractivity contribution >= 4 is 29.0 Å². The lowest BCUT2D eigenvalue weighted by atomic mass is 10.1. The van der Waals surface area contributed by atoms with Crippen molar-refractivity contribution in [3.63, 3.8) is 0 Å². The van der Waals surface area contributed by atoms with Crippen molar-refractivity contribution in [1.29, 1.82) is 0 Å². The zero-order chi connectivity index (χ0) is 21.1. The van der Waals surface area contributed by atoms with Gasteiger partial charge in [0.05, 0.1) is 5.69 Å². The van der Waals surface area contributed by atoms with Crippen LogP contribution in [-0.2, 0) is 0 Å². The van der Waals surface area contributed by atoms with Gasteiger partial charge < -0.3 is 20.1 Å². The number of benzene rings is 1. The average Bonchev–Trinajstić information content (AvgIpc) is 3.08. The van der Waals surface area contributed by atoms with E-state index in [0.29, 0.717) is 28.7 Å². The fraction of sp³-hybridized carbons (Fsp3) is 0.364. The molecule has 1 amide bonds. The lowest BCUT2D eigenvalue weighted by Crippen LogP contribution is -2.30. The summed E-state index contributed by atoms with van der Waals surface area (Å²) < 4.78 is 5.06. The number of rotatable bonds is 5. The van der Waals surface area contributed by atoms with Gasteiger partial charge in [-0.05, 0) is 64.3 Å². The zero-order valence-electron chi connectivity index (χ0n) is 17.5. The zero-order valence-corrected chi connectivity index (χ0v) is 17.5. The molecular weight excluding hydrogens is 380 g/mol. The van der Waals surface area contributed by atoms with E-state index in [4.69, 9.17) is 9.51 Å². The summed E-state index contributed by atoms with van der Waals surface area (Å²) in [6.07, 6.45) is 3.69. The number of aromatic nitrogens is 3. The number of hydrogen-bond donors (Lipinski definition) is 2. The molecule has 1 aliphatic heterocycles. The third kappa shape index (κ3) is 4.42. The number of nitrogens with one attached hydrogen (secondary N) is 2. The number of carbonyl (C=O) groups excluding carboxylic acids is 1. The van der Waals surface area contributed by atoms with Gasteiger partial charge in [0.2, 0.25) is 5.95 Å². The molecule has 156 valence electrons. The van der Waals surface area contributed by atoms with E-state index in [1.165, 1.54) is 19.3 Å². The molecule has 3 aromatic rings. The van der Waals surface area contributed by atoms with Gasteiger partial charge in [0.25, 0.3) is 5.91 Å². The van der Waals surface area contributed by atoms with Crippen LogP contribution in [0.1, 0.15) is 46.8 Å². The van der Waals surface area contributed by atoms with Crippen molar-refractivity contribution in [3.8, 4) is 0 Å². The van der Waals surface area contributed by atoms with Gasteiger partial charge in [0.15, 0.2) is 0 Å². The molecule has 4 rings (SSSR count). The van der Waals surface area contributed by atoms with Crippen molar-refractivity contribution in [3.05, 3.63) is 53.0 Å². The van der Waals surface area contributed by atoms with Gasteiger partial charge in [-0.1, -0.05) is 5.16 Å². The van der Waals surface area contributed by atoms with Crippen LogP contribution in [0.5, 0.6) is 0 Å². The molecule has 0 aliphatic carbocycles. The van der Waals surface area contributed by atoms with E-state index in [-0.39, 0.29) is 5.91 Å². The molecule has 0 bridgehead atoms. The first-order valence-corrected chi connectivity index (χ1v) is 10.2. The van der Waals surface area contributed by atoms with Gasteiger partial charge in [-0.15, -0.1) is 0 Å². The summed E-state index contributed by atoms with van der Waals surface area (Å²) in [4.78, 5) is 24.0. The molecule has 2 aromatic heterocycles. The molecule has 8 heteroatoms. The van der Waals surface area contributed by atoms with Crippen LogP contribution < -0.4 is 15.5 Å². The lowest BCUT2D eigenvalue weighted by Gasteiger charge is -2.28. The Labute approximate surface area is 175 Å². The number of hydrogen-bond acceptors (Lipinski definition) is 7. The van der Waals surface area contributed by atoms with Gasteiger partial charge in [0.1, 0.15) is 17.1 Å². The van der Waals surface area contributed by atoms with Gasteiger partial charge in [-0.2, -0.15) is 4.98 Å². The molecule has 1 saturated heterocycles. The maximum absolute atomic E-state index is 12.5. The molecule has 3 heterocycles. The minimum absolute atomic E-state index is 0.236. The first kappa shape index (κ1) is 19.9. The topological polar surface area (TPSA) is 96.2 Å². The van der Waals surface area contributed by atoms with Crippen LogP contribution in [0.4, 0.5) is 23.1 Å². The molecule has 0 atom stereocenters. The van der Waals surface area contributed by atoms with Crippen molar-refractivity contribution in [1.82, 2.24) is 15.1 Å². The van der Waals surface area contributed by atoms with E-state index in [1.807, 2.05) is 37.3 Å². The molecular formula is C22H26N6O2. The minimum atomic E-state index is -0.236. The maximum atomic E-state index is 12.5. The third-order valence-corrected chi connectivity index (χ3v) is 5.18. The number of piperidine rings is 1. The number of carbonyl (C=O) groups is 1. The Bertz CT molecular complexity index is 1020. The number of amides is 1. The van der Waals surface area contributed by atoms with Crippen LogP contribution in [0.15, 0.2) is 34.9 Å². The molecule has 2 N–H and O–H groups in total. The molecule has 0 saturated carbocycles. The molecule has 1 fully saturated rings. The van der Waals surface area contributed by atoms with Crippen molar-refractivity contribution in [2.24, 2.45) is 0 Å². The summed E-state index contributed by atoms with van der Waals surface area (Å²) in [6, 6.07) is 9.47. The monoisotopic (exact) mass is 406 g/mol. The predicted molar refractivity (Wildman–Crippen MR) is 116 cm³/mol. The smallest absolute Gasteiger partial charge is 0.261 e. The fourth-order valence-electron chi connectivity index (χ4n) is 3.66. The highest BCUT2D eigenvalue weighted by Gasteiger charge is 2.17. The number of aryl methyl sites for hydroxylation is 3. The predicted octanol–water partition coefficient (Wildman–Crippen LogP) is 4.38.